The van der Waals surface area contributed by atoms with Crippen LogP contribution in [0.3, 0.4) is 0 Å². The number of hydrogen-bond donors (Lipinski definition) is 0. The third kappa shape index (κ3) is 3.75. The molecule has 0 amide bonds. The molecular weight excluding hydrogens is 359 g/mol. The van der Waals surface area contributed by atoms with Gasteiger partial charge in [-0.2, -0.15) is 0 Å². The number of para-hydroxylation sites is 1. The van der Waals surface area contributed by atoms with Crippen molar-refractivity contribution in [1.29, 1.82) is 0 Å². The van der Waals surface area contributed by atoms with E-state index < -0.39 is 6.89 Å². The summed E-state index contributed by atoms with van der Waals surface area (Å²) in [4.78, 5) is 0. The van der Waals surface area contributed by atoms with Crippen LogP contribution < -0.4 is 20.7 Å². The first kappa shape index (κ1) is 18.8. The Kier molecular flexibility index (Phi) is 5.61. The summed E-state index contributed by atoms with van der Waals surface area (Å²) in [5, 5.41) is 5.43. The van der Waals surface area contributed by atoms with Crippen LogP contribution in [0.2, 0.25) is 0 Å². The minimum atomic E-state index is -2.14. The zero-order chi connectivity index (χ0) is 18.6. The van der Waals surface area contributed by atoms with Crippen molar-refractivity contribution in [2.75, 3.05) is 0 Å². The van der Waals surface area contributed by atoms with Gasteiger partial charge in [-0.15, -0.1) is 0 Å². The molecule has 0 aromatic heterocycles. The Balaban J connectivity index is 2.35. The van der Waals surface area contributed by atoms with Crippen LogP contribution >= 0.6 is 18.5 Å². The largest absolute Gasteiger partial charge is 0.487 e. The van der Waals surface area contributed by atoms with Gasteiger partial charge in [0.05, 0.1) is 0 Å². The Morgan fingerprint density at radius 2 is 1.19 bits per heavy atom. The van der Waals surface area contributed by atoms with Crippen molar-refractivity contribution in [3.8, 4) is 5.75 Å². The van der Waals surface area contributed by atoms with E-state index in [1.807, 2.05) is 29.5 Å². The Morgan fingerprint density at radius 3 is 1.65 bits per heavy atom. The molecule has 0 aliphatic rings. The van der Waals surface area contributed by atoms with Gasteiger partial charge >= 0.3 is 0 Å². The predicted molar refractivity (Wildman–Crippen MR) is 117 cm³/mol. The lowest BCUT2D eigenvalue weighted by Crippen LogP contribution is -2.31. The standard InChI is InChI=1S/C23H24ClOP/c1-23(2,3)25-21-16-10-11-17-22(21)26(18-24,19-12-6-4-7-13-19)20-14-8-5-9-15-20/h4-18H,1-3H3. The predicted octanol–water partition coefficient (Wildman–Crippen LogP) is 5.16. The van der Waals surface area contributed by atoms with Crippen LogP contribution in [-0.2, 0) is 0 Å². The summed E-state index contributed by atoms with van der Waals surface area (Å²) in [6.45, 7) is 4.06. The van der Waals surface area contributed by atoms with Gasteiger partial charge in [0.15, 0.2) is 0 Å². The molecule has 0 N–H and O–H groups in total. The number of benzene rings is 3. The van der Waals surface area contributed by atoms with Crippen LogP contribution in [0.1, 0.15) is 20.8 Å². The molecule has 26 heavy (non-hydrogen) atoms. The van der Waals surface area contributed by atoms with Crippen LogP contribution in [0.25, 0.3) is 0 Å². The summed E-state index contributed by atoms with van der Waals surface area (Å²) < 4.78 is 6.33. The molecule has 0 saturated carbocycles. The zero-order valence-corrected chi connectivity index (χ0v) is 17.0. The fourth-order valence-electron chi connectivity index (χ4n) is 3.08. The van der Waals surface area contributed by atoms with Crippen LogP contribution in [0.15, 0.2) is 84.9 Å². The zero-order valence-electron chi connectivity index (χ0n) is 15.4. The lowest BCUT2D eigenvalue weighted by Gasteiger charge is -2.31. The monoisotopic (exact) mass is 382 g/mol. The molecule has 1 nitrogen and oxygen atoms in total. The van der Waals surface area contributed by atoms with E-state index >= 15 is 0 Å². The maximum atomic E-state index is 6.64. The van der Waals surface area contributed by atoms with Crippen LogP contribution in [0.5, 0.6) is 5.75 Å². The van der Waals surface area contributed by atoms with E-state index in [2.05, 4.69) is 81.4 Å². The molecule has 0 aliphatic heterocycles. The van der Waals surface area contributed by atoms with Crippen molar-refractivity contribution in [3.05, 3.63) is 84.9 Å². The van der Waals surface area contributed by atoms with Gasteiger partial charge in [-0.3, -0.25) is 0 Å². The first-order chi connectivity index (χ1) is 12.5. The Labute approximate surface area is 161 Å². The number of rotatable bonds is 4. The Bertz CT molecular complexity index is 868. The van der Waals surface area contributed by atoms with Crippen molar-refractivity contribution in [2.45, 2.75) is 26.4 Å². The second-order valence-corrected chi connectivity index (χ2v) is 10.9. The molecule has 3 aromatic rings. The topological polar surface area (TPSA) is 9.23 Å². The normalized spacial score (nSPS) is 11.8. The van der Waals surface area contributed by atoms with E-state index in [0.29, 0.717) is 0 Å². The SMILES string of the molecule is CC(C)(C)Oc1ccccc1P(=CCl)(c1ccccc1)c1ccccc1. The van der Waals surface area contributed by atoms with E-state index in [1.165, 1.54) is 10.6 Å². The second-order valence-electron chi connectivity index (χ2n) is 7.17. The minimum absolute atomic E-state index is 0.286. The summed E-state index contributed by atoms with van der Waals surface area (Å²) in [7, 11) is 0. The summed E-state index contributed by atoms with van der Waals surface area (Å²) in [6, 6.07) is 29.3. The molecule has 0 fully saturated rings. The number of ether oxygens (including phenoxy) is 1. The van der Waals surface area contributed by atoms with E-state index in [-0.39, 0.29) is 5.60 Å². The molecule has 0 aliphatic carbocycles. The summed E-state index contributed by atoms with van der Waals surface area (Å²) in [6.07, 6.45) is 0. The highest BCUT2D eigenvalue weighted by Gasteiger charge is 2.29. The maximum Gasteiger partial charge on any atom is 0.128 e. The Morgan fingerprint density at radius 1 is 0.731 bits per heavy atom. The second kappa shape index (κ2) is 7.74. The molecule has 0 radical (unpaired) electrons. The van der Waals surface area contributed by atoms with E-state index in [9.17, 15) is 0 Å². The smallest absolute Gasteiger partial charge is 0.128 e. The quantitative estimate of drug-likeness (QED) is 0.566. The van der Waals surface area contributed by atoms with Gasteiger partial charge in [0.1, 0.15) is 11.4 Å². The lowest BCUT2D eigenvalue weighted by atomic mass is 10.2. The van der Waals surface area contributed by atoms with E-state index in [4.69, 9.17) is 16.3 Å². The van der Waals surface area contributed by atoms with Crippen LogP contribution in [-0.4, -0.2) is 10.9 Å². The van der Waals surface area contributed by atoms with Gasteiger partial charge in [0.2, 0.25) is 0 Å². The highest BCUT2D eigenvalue weighted by Crippen LogP contribution is 2.47. The summed E-state index contributed by atoms with van der Waals surface area (Å²) >= 11 is 6.64. The molecule has 0 atom stereocenters. The van der Waals surface area contributed by atoms with Gasteiger partial charge in [-0.25, -0.2) is 0 Å². The van der Waals surface area contributed by atoms with Gasteiger partial charge < -0.3 is 4.74 Å². The van der Waals surface area contributed by atoms with E-state index in [0.717, 1.165) is 11.1 Å². The van der Waals surface area contributed by atoms with Crippen molar-refractivity contribution < 1.29 is 4.74 Å². The van der Waals surface area contributed by atoms with Crippen LogP contribution in [0.4, 0.5) is 0 Å². The first-order valence-electron chi connectivity index (χ1n) is 8.70. The molecule has 3 aromatic carbocycles. The minimum Gasteiger partial charge on any atom is -0.487 e. The number of halogens is 1. The van der Waals surface area contributed by atoms with Crippen LogP contribution in [0, 0.1) is 0 Å². The number of hydrogen-bond acceptors (Lipinski definition) is 1. The molecule has 3 rings (SSSR count). The maximum absolute atomic E-state index is 6.64. The molecule has 0 heterocycles. The average molecular weight is 383 g/mol. The van der Waals surface area contributed by atoms with Crippen molar-refractivity contribution in [2.24, 2.45) is 0 Å². The molecule has 134 valence electrons. The lowest BCUT2D eigenvalue weighted by molar-refractivity contribution is 0.132. The summed E-state index contributed by atoms with van der Waals surface area (Å²) in [5.41, 5.74) is -0.286. The van der Waals surface area contributed by atoms with Gasteiger partial charge in [0.25, 0.3) is 0 Å². The fraction of sp³-hybridized carbons (Fsp3) is 0.174. The average Bonchev–Trinajstić information content (AvgIpc) is 2.65. The molecule has 0 spiro atoms. The first-order valence-corrected chi connectivity index (χ1v) is 11.0. The van der Waals surface area contributed by atoms with Gasteiger partial charge in [0, 0.05) is 10.6 Å². The molecule has 0 bridgehead atoms. The van der Waals surface area contributed by atoms with Gasteiger partial charge in [-0.05, 0) is 44.3 Å². The highest BCUT2D eigenvalue weighted by atomic mass is 35.5. The Hall–Kier alpha value is -1.95. The molecule has 0 unspecified atom stereocenters. The molecule has 0 saturated heterocycles. The molecular formula is C23H24ClOP. The fourth-order valence-corrected chi connectivity index (χ4v) is 7.33. The van der Waals surface area contributed by atoms with E-state index in [1.54, 1.807) is 0 Å². The highest BCUT2D eigenvalue weighted by molar-refractivity contribution is 7.96. The van der Waals surface area contributed by atoms with Crippen molar-refractivity contribution >= 4 is 39.7 Å². The van der Waals surface area contributed by atoms with Crippen molar-refractivity contribution in [1.82, 2.24) is 0 Å². The summed E-state index contributed by atoms with van der Waals surface area (Å²) in [5.74, 6) is 0.887. The third-order valence-electron chi connectivity index (χ3n) is 4.13. The van der Waals surface area contributed by atoms with Crippen molar-refractivity contribution in [3.63, 3.8) is 0 Å². The van der Waals surface area contributed by atoms with Gasteiger partial charge in [-0.1, -0.05) is 90.5 Å². The molecule has 3 heteroatoms. The third-order valence-corrected chi connectivity index (χ3v) is 8.66.